The highest BCUT2D eigenvalue weighted by molar-refractivity contribution is 5.96. The molecule has 0 aromatic heterocycles. The number of nitrogens with one attached hydrogen (secondary N) is 1. The lowest BCUT2D eigenvalue weighted by Crippen LogP contribution is -2.41. The summed E-state index contributed by atoms with van der Waals surface area (Å²) in [5, 5.41) is 11.3. The molecular formula is C10H12F2N2O2. The Morgan fingerprint density at radius 3 is 2.62 bits per heavy atom. The van der Waals surface area contributed by atoms with Gasteiger partial charge in [-0.15, -0.1) is 0 Å². The Kier molecular flexibility index (Phi) is 3.78. The van der Waals surface area contributed by atoms with Gasteiger partial charge in [0.2, 0.25) is 0 Å². The number of nitrogens with two attached hydrogens (primary N) is 1. The lowest BCUT2D eigenvalue weighted by molar-refractivity contribution is 0.0118. The average Bonchev–Trinajstić information content (AvgIpc) is 2.27. The van der Waals surface area contributed by atoms with E-state index in [-0.39, 0.29) is 11.3 Å². The van der Waals surface area contributed by atoms with E-state index in [9.17, 15) is 18.7 Å². The van der Waals surface area contributed by atoms with E-state index in [1.54, 1.807) is 0 Å². The molecule has 0 saturated heterocycles. The topological polar surface area (TPSA) is 75.3 Å². The molecule has 0 radical (unpaired) electrons. The number of carbonyl (C=O) groups is 1. The maximum absolute atomic E-state index is 12.7. The molecule has 0 spiro atoms. The largest absolute Gasteiger partial charge is 0.507 e. The van der Waals surface area contributed by atoms with E-state index in [1.165, 1.54) is 24.3 Å². The van der Waals surface area contributed by atoms with Crippen molar-refractivity contribution in [2.45, 2.75) is 5.92 Å². The number of amides is 1. The summed E-state index contributed by atoms with van der Waals surface area (Å²) in [6, 6.07) is 5.69. The number of alkyl halides is 2. The third-order valence-electron chi connectivity index (χ3n) is 1.95. The normalized spacial score (nSPS) is 11.2. The highest BCUT2D eigenvalue weighted by atomic mass is 19.3. The number of benzene rings is 1. The number of hydrogen-bond donors (Lipinski definition) is 3. The van der Waals surface area contributed by atoms with Crippen LogP contribution in [0.4, 0.5) is 8.78 Å². The molecule has 1 rings (SSSR count). The molecule has 4 N–H and O–H groups in total. The number of para-hydroxylation sites is 1. The van der Waals surface area contributed by atoms with Crippen molar-refractivity contribution >= 4 is 5.91 Å². The lowest BCUT2D eigenvalue weighted by Gasteiger charge is -2.14. The van der Waals surface area contributed by atoms with Gasteiger partial charge in [0.15, 0.2) is 0 Å². The Hall–Kier alpha value is -1.69. The van der Waals surface area contributed by atoms with Crippen LogP contribution < -0.4 is 11.1 Å². The standard InChI is InChI=1S/C10H12F2N2O2/c11-10(12,5-13)6-14-9(16)7-3-1-2-4-8(7)15/h1-4,15H,5-6,13H2,(H,14,16). The highest BCUT2D eigenvalue weighted by Gasteiger charge is 2.27. The molecule has 0 atom stereocenters. The van der Waals surface area contributed by atoms with E-state index < -0.39 is 24.9 Å². The maximum atomic E-state index is 12.7. The van der Waals surface area contributed by atoms with Gasteiger partial charge < -0.3 is 16.2 Å². The van der Waals surface area contributed by atoms with Gasteiger partial charge in [-0.1, -0.05) is 12.1 Å². The fraction of sp³-hybridized carbons (Fsp3) is 0.300. The number of rotatable bonds is 4. The first kappa shape index (κ1) is 12.4. The Morgan fingerprint density at radius 2 is 2.06 bits per heavy atom. The van der Waals surface area contributed by atoms with Crippen molar-refractivity contribution < 1.29 is 18.7 Å². The minimum Gasteiger partial charge on any atom is -0.507 e. The summed E-state index contributed by atoms with van der Waals surface area (Å²) in [5.41, 5.74) is 4.76. The molecule has 0 fully saturated rings. The van der Waals surface area contributed by atoms with Crippen LogP contribution in [0.5, 0.6) is 5.75 Å². The van der Waals surface area contributed by atoms with Crippen LogP contribution in [0.2, 0.25) is 0 Å². The first-order valence-electron chi connectivity index (χ1n) is 4.60. The molecule has 0 aliphatic carbocycles. The van der Waals surface area contributed by atoms with Crippen LogP contribution in [0.25, 0.3) is 0 Å². The third kappa shape index (κ3) is 3.16. The van der Waals surface area contributed by atoms with Gasteiger partial charge >= 0.3 is 0 Å². The van der Waals surface area contributed by atoms with E-state index in [0.29, 0.717) is 0 Å². The van der Waals surface area contributed by atoms with E-state index in [2.05, 4.69) is 0 Å². The van der Waals surface area contributed by atoms with Crippen molar-refractivity contribution in [3.63, 3.8) is 0 Å². The number of aromatic hydroxyl groups is 1. The van der Waals surface area contributed by atoms with Crippen molar-refractivity contribution in [1.29, 1.82) is 0 Å². The molecule has 0 aliphatic rings. The predicted octanol–water partition coefficient (Wildman–Crippen LogP) is 0.716. The van der Waals surface area contributed by atoms with Gasteiger partial charge in [0.1, 0.15) is 5.75 Å². The zero-order valence-electron chi connectivity index (χ0n) is 8.41. The summed E-state index contributed by atoms with van der Waals surface area (Å²) < 4.78 is 25.5. The summed E-state index contributed by atoms with van der Waals surface area (Å²) in [5.74, 6) is -4.15. The van der Waals surface area contributed by atoms with Gasteiger partial charge in [0, 0.05) is 0 Å². The molecule has 0 aliphatic heterocycles. The zero-order chi connectivity index (χ0) is 12.2. The minimum absolute atomic E-state index is 0.0460. The summed E-state index contributed by atoms with van der Waals surface area (Å²) in [7, 11) is 0. The van der Waals surface area contributed by atoms with Crippen LogP contribution in [-0.4, -0.2) is 30.0 Å². The first-order chi connectivity index (χ1) is 7.46. The maximum Gasteiger partial charge on any atom is 0.277 e. The summed E-state index contributed by atoms with van der Waals surface area (Å²) in [6.07, 6.45) is 0. The van der Waals surface area contributed by atoms with E-state index in [0.717, 1.165) is 0 Å². The van der Waals surface area contributed by atoms with E-state index in [4.69, 9.17) is 5.73 Å². The van der Waals surface area contributed by atoms with Gasteiger partial charge in [-0.05, 0) is 12.1 Å². The average molecular weight is 230 g/mol. The van der Waals surface area contributed by atoms with Crippen LogP contribution in [0.3, 0.4) is 0 Å². The molecule has 0 heterocycles. The van der Waals surface area contributed by atoms with Crippen LogP contribution in [0.1, 0.15) is 10.4 Å². The first-order valence-corrected chi connectivity index (χ1v) is 4.60. The Morgan fingerprint density at radius 1 is 1.44 bits per heavy atom. The quantitative estimate of drug-likeness (QED) is 0.713. The number of hydrogen-bond acceptors (Lipinski definition) is 3. The van der Waals surface area contributed by atoms with Crippen molar-refractivity contribution in [3.8, 4) is 5.75 Å². The molecule has 1 amide bonds. The van der Waals surface area contributed by atoms with Crippen LogP contribution in [0.15, 0.2) is 24.3 Å². The SMILES string of the molecule is NCC(F)(F)CNC(=O)c1ccccc1O. The fourth-order valence-electron chi connectivity index (χ4n) is 1.04. The monoisotopic (exact) mass is 230 g/mol. The van der Waals surface area contributed by atoms with Crippen molar-refractivity contribution in [1.82, 2.24) is 5.32 Å². The van der Waals surface area contributed by atoms with Crippen LogP contribution in [-0.2, 0) is 0 Å². The molecule has 0 saturated carbocycles. The second-order valence-electron chi connectivity index (χ2n) is 3.26. The van der Waals surface area contributed by atoms with Crippen molar-refractivity contribution in [2.75, 3.05) is 13.1 Å². The molecule has 4 nitrogen and oxygen atoms in total. The Bertz CT molecular complexity index is 383. The molecule has 0 bridgehead atoms. The fourth-order valence-corrected chi connectivity index (χ4v) is 1.04. The van der Waals surface area contributed by atoms with Crippen molar-refractivity contribution in [3.05, 3.63) is 29.8 Å². The van der Waals surface area contributed by atoms with Gasteiger partial charge in [0.05, 0.1) is 18.7 Å². The molecule has 1 aromatic carbocycles. The Balaban J connectivity index is 2.64. The van der Waals surface area contributed by atoms with Gasteiger partial charge in [-0.2, -0.15) is 0 Å². The zero-order valence-corrected chi connectivity index (χ0v) is 8.41. The number of halogens is 2. The number of phenols is 1. The number of carbonyl (C=O) groups excluding carboxylic acids is 1. The summed E-state index contributed by atoms with van der Waals surface area (Å²) in [4.78, 5) is 11.4. The molecule has 6 heteroatoms. The third-order valence-corrected chi connectivity index (χ3v) is 1.95. The van der Waals surface area contributed by atoms with Crippen molar-refractivity contribution in [2.24, 2.45) is 5.73 Å². The van der Waals surface area contributed by atoms with Crippen LogP contribution in [0, 0.1) is 0 Å². The summed E-state index contributed by atoms with van der Waals surface area (Å²) in [6.45, 7) is -1.69. The van der Waals surface area contributed by atoms with Gasteiger partial charge in [0.25, 0.3) is 11.8 Å². The molecule has 1 aromatic rings. The highest BCUT2D eigenvalue weighted by Crippen LogP contribution is 2.16. The molecular weight excluding hydrogens is 218 g/mol. The molecule has 88 valence electrons. The van der Waals surface area contributed by atoms with Gasteiger partial charge in [-0.3, -0.25) is 4.79 Å². The second-order valence-corrected chi connectivity index (χ2v) is 3.26. The smallest absolute Gasteiger partial charge is 0.277 e. The lowest BCUT2D eigenvalue weighted by atomic mass is 10.2. The van der Waals surface area contributed by atoms with E-state index >= 15 is 0 Å². The second kappa shape index (κ2) is 4.89. The van der Waals surface area contributed by atoms with E-state index in [1.807, 2.05) is 5.32 Å². The van der Waals surface area contributed by atoms with Crippen LogP contribution >= 0.6 is 0 Å². The summed E-state index contributed by atoms with van der Waals surface area (Å²) >= 11 is 0. The minimum atomic E-state index is -3.14. The Labute approximate surface area is 91.1 Å². The molecule has 16 heavy (non-hydrogen) atoms. The van der Waals surface area contributed by atoms with Gasteiger partial charge in [-0.25, -0.2) is 8.78 Å². The molecule has 0 unspecified atom stereocenters. The predicted molar refractivity (Wildman–Crippen MR) is 54.4 cm³/mol. The number of phenolic OH excluding ortho intramolecular Hbond substituents is 1.